The lowest BCUT2D eigenvalue weighted by atomic mass is 10.2. The smallest absolute Gasteiger partial charge is 0.320 e. The van der Waals surface area contributed by atoms with E-state index in [1.54, 1.807) is 0 Å². The first kappa shape index (κ1) is 12.9. The number of rotatable bonds is 4. The molecule has 0 bridgehead atoms. The predicted molar refractivity (Wildman–Crippen MR) is 74.9 cm³/mol. The van der Waals surface area contributed by atoms with E-state index in [1.807, 2.05) is 12.1 Å². The van der Waals surface area contributed by atoms with Crippen LogP contribution >= 0.6 is 0 Å². The van der Waals surface area contributed by atoms with Crippen molar-refractivity contribution < 1.29 is 9.15 Å². The van der Waals surface area contributed by atoms with Gasteiger partial charge in [0.1, 0.15) is 0 Å². The lowest BCUT2D eigenvalue weighted by Gasteiger charge is -2.28. The van der Waals surface area contributed by atoms with Crippen molar-refractivity contribution in [3.63, 3.8) is 0 Å². The molecule has 1 saturated heterocycles. The number of ether oxygens (including phenoxy) is 1. The summed E-state index contributed by atoms with van der Waals surface area (Å²) in [5.74, 6) is 0.414. The molecule has 3 rings (SSSR count). The van der Waals surface area contributed by atoms with Crippen LogP contribution in [0.25, 0.3) is 0 Å². The number of benzene rings is 1. The van der Waals surface area contributed by atoms with Crippen molar-refractivity contribution in [3.05, 3.63) is 30.2 Å². The standard InChI is InChI=1S/C13H17N5O2/c14-9-12-16-17-13(20-12)15-10-1-3-11(4-2-10)18-5-7-19-8-6-18/h1-4H,5-9,14H2,(H,15,17). The Hall–Kier alpha value is -2.12. The molecule has 0 atom stereocenters. The molecular weight excluding hydrogens is 258 g/mol. The monoisotopic (exact) mass is 275 g/mol. The molecule has 0 unspecified atom stereocenters. The average molecular weight is 275 g/mol. The maximum absolute atomic E-state index is 5.42. The molecule has 0 radical (unpaired) electrons. The Morgan fingerprint density at radius 1 is 1.15 bits per heavy atom. The summed E-state index contributed by atoms with van der Waals surface area (Å²) in [5, 5.41) is 10.7. The average Bonchev–Trinajstić information content (AvgIpc) is 2.97. The van der Waals surface area contributed by atoms with Crippen molar-refractivity contribution >= 4 is 17.4 Å². The van der Waals surface area contributed by atoms with Crippen molar-refractivity contribution in [2.45, 2.75) is 6.54 Å². The predicted octanol–water partition coefficient (Wildman–Crippen LogP) is 1.11. The van der Waals surface area contributed by atoms with Gasteiger partial charge in [0.25, 0.3) is 0 Å². The lowest BCUT2D eigenvalue weighted by molar-refractivity contribution is 0.122. The maximum Gasteiger partial charge on any atom is 0.320 e. The van der Waals surface area contributed by atoms with E-state index in [0.29, 0.717) is 11.9 Å². The summed E-state index contributed by atoms with van der Waals surface area (Å²) >= 11 is 0. The summed E-state index contributed by atoms with van der Waals surface area (Å²) in [6.45, 7) is 3.66. The molecule has 0 spiro atoms. The van der Waals surface area contributed by atoms with Crippen LogP contribution < -0.4 is 16.0 Å². The highest BCUT2D eigenvalue weighted by Crippen LogP contribution is 2.21. The highest BCUT2D eigenvalue weighted by Gasteiger charge is 2.11. The second-order valence-corrected chi connectivity index (χ2v) is 4.48. The molecule has 1 aliphatic heterocycles. The molecule has 106 valence electrons. The first-order valence-corrected chi connectivity index (χ1v) is 6.57. The zero-order chi connectivity index (χ0) is 13.8. The summed E-state index contributed by atoms with van der Waals surface area (Å²) in [4.78, 5) is 2.30. The lowest BCUT2D eigenvalue weighted by Crippen LogP contribution is -2.36. The van der Waals surface area contributed by atoms with E-state index in [1.165, 1.54) is 5.69 Å². The van der Waals surface area contributed by atoms with Gasteiger partial charge in [-0.15, -0.1) is 5.10 Å². The molecule has 7 nitrogen and oxygen atoms in total. The highest BCUT2D eigenvalue weighted by molar-refractivity contribution is 5.58. The Balaban J connectivity index is 1.66. The fourth-order valence-corrected chi connectivity index (χ4v) is 2.09. The molecule has 2 aromatic rings. The van der Waals surface area contributed by atoms with Crippen LogP contribution in [0.1, 0.15) is 5.89 Å². The number of nitrogens with zero attached hydrogens (tertiary/aromatic N) is 3. The Morgan fingerprint density at radius 2 is 1.90 bits per heavy atom. The van der Waals surface area contributed by atoms with Gasteiger partial charge < -0.3 is 25.1 Å². The van der Waals surface area contributed by atoms with Gasteiger partial charge in [-0.1, -0.05) is 5.10 Å². The molecule has 1 fully saturated rings. The van der Waals surface area contributed by atoms with Crippen molar-refractivity contribution in [3.8, 4) is 0 Å². The maximum atomic E-state index is 5.42. The molecule has 0 saturated carbocycles. The van der Waals surface area contributed by atoms with Gasteiger partial charge in [-0.3, -0.25) is 0 Å². The zero-order valence-electron chi connectivity index (χ0n) is 11.1. The van der Waals surface area contributed by atoms with E-state index in [0.717, 1.165) is 32.0 Å². The van der Waals surface area contributed by atoms with Gasteiger partial charge in [0.15, 0.2) is 0 Å². The van der Waals surface area contributed by atoms with Crippen LogP contribution in [0.3, 0.4) is 0 Å². The number of nitrogens with two attached hydrogens (primary N) is 1. The van der Waals surface area contributed by atoms with Gasteiger partial charge in [0.2, 0.25) is 5.89 Å². The minimum Gasteiger partial charge on any atom is -0.406 e. The highest BCUT2D eigenvalue weighted by atomic mass is 16.5. The van der Waals surface area contributed by atoms with E-state index in [2.05, 4.69) is 32.5 Å². The first-order chi connectivity index (χ1) is 9.85. The van der Waals surface area contributed by atoms with Gasteiger partial charge in [0, 0.05) is 24.5 Å². The molecule has 0 amide bonds. The summed E-state index contributed by atoms with van der Waals surface area (Å²) < 4.78 is 10.6. The number of aromatic nitrogens is 2. The van der Waals surface area contributed by atoms with Gasteiger partial charge >= 0.3 is 6.01 Å². The molecule has 2 heterocycles. The summed E-state index contributed by atoms with van der Waals surface area (Å²) in [6, 6.07) is 8.44. The first-order valence-electron chi connectivity index (χ1n) is 6.57. The zero-order valence-corrected chi connectivity index (χ0v) is 11.1. The summed E-state index contributed by atoms with van der Waals surface area (Å²) in [6.07, 6.45) is 0. The molecule has 20 heavy (non-hydrogen) atoms. The fraction of sp³-hybridized carbons (Fsp3) is 0.385. The number of anilines is 3. The van der Waals surface area contributed by atoms with Crippen LogP contribution in [-0.4, -0.2) is 36.5 Å². The molecule has 3 N–H and O–H groups in total. The second-order valence-electron chi connectivity index (χ2n) is 4.48. The van der Waals surface area contributed by atoms with Gasteiger partial charge in [-0.25, -0.2) is 0 Å². The van der Waals surface area contributed by atoms with Crippen LogP contribution in [0.5, 0.6) is 0 Å². The van der Waals surface area contributed by atoms with Crippen LogP contribution in [-0.2, 0) is 11.3 Å². The third kappa shape index (κ3) is 2.89. The molecule has 1 aromatic carbocycles. The normalized spacial score (nSPS) is 15.3. The molecule has 0 aliphatic carbocycles. The number of nitrogens with one attached hydrogen (secondary N) is 1. The summed E-state index contributed by atoms with van der Waals surface area (Å²) in [5.41, 5.74) is 7.50. The Labute approximate surface area is 116 Å². The Bertz CT molecular complexity index is 548. The van der Waals surface area contributed by atoms with Crippen LogP contribution in [0, 0.1) is 0 Å². The van der Waals surface area contributed by atoms with Gasteiger partial charge in [0.05, 0.1) is 19.8 Å². The number of hydrogen-bond donors (Lipinski definition) is 2. The van der Waals surface area contributed by atoms with E-state index in [-0.39, 0.29) is 6.54 Å². The van der Waals surface area contributed by atoms with Crippen molar-refractivity contribution in [2.24, 2.45) is 5.73 Å². The van der Waals surface area contributed by atoms with Crippen LogP contribution in [0.2, 0.25) is 0 Å². The molecule has 1 aromatic heterocycles. The quantitative estimate of drug-likeness (QED) is 0.863. The third-order valence-corrected chi connectivity index (χ3v) is 3.14. The van der Waals surface area contributed by atoms with E-state index >= 15 is 0 Å². The largest absolute Gasteiger partial charge is 0.406 e. The van der Waals surface area contributed by atoms with Gasteiger partial charge in [-0.2, -0.15) is 0 Å². The molecule has 7 heteroatoms. The van der Waals surface area contributed by atoms with Crippen molar-refractivity contribution in [1.29, 1.82) is 0 Å². The minimum absolute atomic E-state index is 0.241. The topological polar surface area (TPSA) is 89.4 Å². The van der Waals surface area contributed by atoms with E-state index in [4.69, 9.17) is 14.9 Å². The van der Waals surface area contributed by atoms with Crippen LogP contribution in [0.15, 0.2) is 28.7 Å². The Morgan fingerprint density at radius 3 is 2.55 bits per heavy atom. The van der Waals surface area contributed by atoms with E-state index in [9.17, 15) is 0 Å². The Kier molecular flexibility index (Phi) is 3.80. The van der Waals surface area contributed by atoms with E-state index < -0.39 is 0 Å². The number of morpholine rings is 1. The SMILES string of the molecule is NCc1nnc(Nc2ccc(N3CCOCC3)cc2)o1. The van der Waals surface area contributed by atoms with Gasteiger partial charge in [-0.05, 0) is 24.3 Å². The van der Waals surface area contributed by atoms with Crippen molar-refractivity contribution in [2.75, 3.05) is 36.5 Å². The second kappa shape index (κ2) is 5.89. The fourth-order valence-electron chi connectivity index (χ4n) is 2.09. The summed E-state index contributed by atoms with van der Waals surface area (Å²) in [7, 11) is 0. The third-order valence-electron chi connectivity index (χ3n) is 3.14. The molecular formula is C13H17N5O2. The molecule has 1 aliphatic rings. The number of hydrogen-bond acceptors (Lipinski definition) is 7. The van der Waals surface area contributed by atoms with Crippen LogP contribution in [0.4, 0.5) is 17.4 Å². The minimum atomic E-state index is 0.241. The van der Waals surface area contributed by atoms with Crippen molar-refractivity contribution in [1.82, 2.24) is 10.2 Å².